The number of imidazole rings is 1. The maximum Gasteiger partial charge on any atom is 0.216 e. The molecule has 0 radical (unpaired) electrons. The molecule has 3 aromatic rings. The Morgan fingerprint density at radius 2 is 1.77 bits per heavy atom. The Balaban J connectivity index is 1.76. The Labute approximate surface area is 155 Å². The molecule has 0 aliphatic carbocycles. The van der Waals surface area contributed by atoms with Gasteiger partial charge in [-0.25, -0.2) is 4.98 Å². The monoisotopic (exact) mass is 349 g/mol. The molecule has 1 aromatic heterocycles. The zero-order valence-corrected chi connectivity index (χ0v) is 15.6. The predicted molar refractivity (Wildman–Crippen MR) is 106 cm³/mol. The van der Waals surface area contributed by atoms with E-state index in [-0.39, 0.29) is 11.9 Å². The maximum atomic E-state index is 10.9. The van der Waals surface area contributed by atoms with Crippen LogP contribution in [-0.2, 0) is 11.2 Å². The van der Waals surface area contributed by atoms with E-state index < -0.39 is 0 Å². The van der Waals surface area contributed by atoms with Crippen molar-refractivity contribution in [3.05, 3.63) is 66.0 Å². The molecule has 0 unspecified atom stereocenters. The van der Waals surface area contributed by atoms with Gasteiger partial charge in [-0.2, -0.15) is 0 Å². The number of benzene rings is 2. The van der Waals surface area contributed by atoms with Crippen LogP contribution in [0.1, 0.15) is 50.5 Å². The molecule has 0 bridgehead atoms. The van der Waals surface area contributed by atoms with Gasteiger partial charge in [0.2, 0.25) is 5.91 Å². The summed E-state index contributed by atoms with van der Waals surface area (Å²) in [6.45, 7) is 4.56. The number of rotatable bonds is 8. The summed E-state index contributed by atoms with van der Waals surface area (Å²) < 4.78 is 2.37. The number of nitrogens with zero attached hydrogens (tertiary/aromatic N) is 2. The lowest BCUT2D eigenvalue weighted by molar-refractivity contribution is -0.118. The SMILES string of the molecule is CC(=O)NCCCCCc1nc2ccccc2n1[C@H](C)c1ccccc1. The summed E-state index contributed by atoms with van der Waals surface area (Å²) in [5.41, 5.74) is 3.54. The van der Waals surface area contributed by atoms with Crippen molar-refractivity contribution < 1.29 is 4.79 Å². The van der Waals surface area contributed by atoms with Crippen molar-refractivity contribution in [2.45, 2.75) is 45.6 Å². The van der Waals surface area contributed by atoms with E-state index in [9.17, 15) is 4.79 Å². The molecule has 26 heavy (non-hydrogen) atoms. The van der Waals surface area contributed by atoms with Gasteiger partial charge in [0, 0.05) is 19.9 Å². The average Bonchev–Trinajstić information content (AvgIpc) is 3.02. The van der Waals surface area contributed by atoms with E-state index in [1.807, 2.05) is 6.07 Å². The van der Waals surface area contributed by atoms with Crippen molar-refractivity contribution in [3.8, 4) is 0 Å². The van der Waals surface area contributed by atoms with Crippen LogP contribution in [0.4, 0.5) is 0 Å². The smallest absolute Gasteiger partial charge is 0.216 e. The van der Waals surface area contributed by atoms with Gasteiger partial charge >= 0.3 is 0 Å². The number of carbonyl (C=O) groups is 1. The number of carbonyl (C=O) groups excluding carboxylic acids is 1. The number of aryl methyl sites for hydroxylation is 1. The quantitative estimate of drug-likeness (QED) is 0.609. The highest BCUT2D eigenvalue weighted by Crippen LogP contribution is 2.26. The molecule has 0 saturated heterocycles. The predicted octanol–water partition coefficient (Wildman–Crippen LogP) is 4.49. The molecule has 2 aromatic carbocycles. The third-order valence-corrected chi connectivity index (χ3v) is 4.79. The molecule has 0 spiro atoms. The van der Waals surface area contributed by atoms with E-state index in [2.05, 4.69) is 65.3 Å². The van der Waals surface area contributed by atoms with E-state index in [1.165, 1.54) is 11.1 Å². The molecule has 1 atom stereocenters. The number of nitrogens with one attached hydrogen (secondary N) is 1. The van der Waals surface area contributed by atoms with Gasteiger partial charge in [0.05, 0.1) is 17.1 Å². The largest absolute Gasteiger partial charge is 0.356 e. The molecule has 1 N–H and O–H groups in total. The topological polar surface area (TPSA) is 46.9 Å². The second-order valence-electron chi connectivity index (χ2n) is 6.77. The second-order valence-corrected chi connectivity index (χ2v) is 6.77. The van der Waals surface area contributed by atoms with Crippen LogP contribution in [0.3, 0.4) is 0 Å². The average molecular weight is 349 g/mol. The van der Waals surface area contributed by atoms with Crippen molar-refractivity contribution in [2.24, 2.45) is 0 Å². The molecule has 0 saturated carbocycles. The third-order valence-electron chi connectivity index (χ3n) is 4.79. The first kappa shape index (κ1) is 18.2. The Bertz CT molecular complexity index is 854. The Morgan fingerprint density at radius 3 is 2.54 bits per heavy atom. The normalized spacial score (nSPS) is 12.2. The summed E-state index contributed by atoms with van der Waals surface area (Å²) >= 11 is 0. The Morgan fingerprint density at radius 1 is 1.04 bits per heavy atom. The highest BCUT2D eigenvalue weighted by Gasteiger charge is 2.16. The first-order valence-corrected chi connectivity index (χ1v) is 9.42. The molecule has 0 aliphatic rings. The standard InChI is InChI=1S/C22H27N3O/c1-17(19-11-5-3-6-12-19)25-21-14-9-8-13-20(21)24-22(25)15-7-4-10-16-23-18(2)26/h3,5-6,8-9,11-14,17H,4,7,10,15-16H2,1-2H3,(H,23,26)/t17-/m1/s1. The van der Waals surface area contributed by atoms with Crippen LogP contribution < -0.4 is 5.32 Å². The van der Waals surface area contributed by atoms with Gasteiger partial charge in [0.1, 0.15) is 5.82 Å². The summed E-state index contributed by atoms with van der Waals surface area (Å²) in [7, 11) is 0. The fourth-order valence-electron chi connectivity index (χ4n) is 3.43. The van der Waals surface area contributed by atoms with Crippen molar-refractivity contribution in [1.29, 1.82) is 0 Å². The lowest BCUT2D eigenvalue weighted by Crippen LogP contribution is -2.20. The zero-order chi connectivity index (χ0) is 18.4. The van der Waals surface area contributed by atoms with Crippen LogP contribution >= 0.6 is 0 Å². The zero-order valence-electron chi connectivity index (χ0n) is 15.6. The van der Waals surface area contributed by atoms with Gasteiger partial charge in [0.15, 0.2) is 0 Å². The Kier molecular flexibility index (Phi) is 6.05. The van der Waals surface area contributed by atoms with Gasteiger partial charge in [0.25, 0.3) is 0 Å². The molecule has 0 aliphatic heterocycles. The number of para-hydroxylation sites is 2. The van der Waals surface area contributed by atoms with Crippen LogP contribution in [-0.4, -0.2) is 22.0 Å². The number of amides is 1. The summed E-state index contributed by atoms with van der Waals surface area (Å²) in [6, 6.07) is 19.2. The summed E-state index contributed by atoms with van der Waals surface area (Å²) in [6.07, 6.45) is 4.12. The summed E-state index contributed by atoms with van der Waals surface area (Å²) in [5, 5.41) is 2.86. The van der Waals surface area contributed by atoms with E-state index in [0.29, 0.717) is 0 Å². The van der Waals surface area contributed by atoms with Crippen molar-refractivity contribution in [2.75, 3.05) is 6.54 Å². The number of aromatic nitrogens is 2. The van der Waals surface area contributed by atoms with Crippen LogP contribution in [0.25, 0.3) is 11.0 Å². The van der Waals surface area contributed by atoms with E-state index in [0.717, 1.165) is 43.6 Å². The molecule has 3 rings (SSSR count). The number of hydrogen-bond donors (Lipinski definition) is 1. The highest BCUT2D eigenvalue weighted by atomic mass is 16.1. The molecular formula is C22H27N3O. The van der Waals surface area contributed by atoms with Crippen molar-refractivity contribution in [1.82, 2.24) is 14.9 Å². The molecule has 0 fully saturated rings. The fourth-order valence-corrected chi connectivity index (χ4v) is 3.43. The number of hydrogen-bond acceptors (Lipinski definition) is 2. The molecule has 1 heterocycles. The van der Waals surface area contributed by atoms with Crippen LogP contribution in [0, 0.1) is 0 Å². The van der Waals surface area contributed by atoms with Gasteiger partial charge in [-0.3, -0.25) is 4.79 Å². The molecule has 4 nitrogen and oxygen atoms in total. The van der Waals surface area contributed by atoms with Gasteiger partial charge in [-0.15, -0.1) is 0 Å². The maximum absolute atomic E-state index is 10.9. The van der Waals surface area contributed by atoms with Gasteiger partial charge in [-0.1, -0.05) is 48.9 Å². The minimum Gasteiger partial charge on any atom is -0.356 e. The van der Waals surface area contributed by atoms with E-state index >= 15 is 0 Å². The van der Waals surface area contributed by atoms with Crippen LogP contribution in [0.5, 0.6) is 0 Å². The first-order valence-electron chi connectivity index (χ1n) is 9.42. The lowest BCUT2D eigenvalue weighted by Gasteiger charge is -2.18. The minimum absolute atomic E-state index is 0.0449. The number of fused-ring (bicyclic) bond motifs is 1. The van der Waals surface area contributed by atoms with Gasteiger partial charge < -0.3 is 9.88 Å². The second kappa shape index (κ2) is 8.65. The molecule has 136 valence electrons. The summed E-state index contributed by atoms with van der Waals surface area (Å²) in [4.78, 5) is 15.8. The van der Waals surface area contributed by atoms with Crippen molar-refractivity contribution >= 4 is 16.9 Å². The summed E-state index contributed by atoms with van der Waals surface area (Å²) in [5.74, 6) is 1.19. The van der Waals surface area contributed by atoms with Crippen LogP contribution in [0.15, 0.2) is 54.6 Å². The number of unbranched alkanes of at least 4 members (excludes halogenated alkanes) is 2. The van der Waals surface area contributed by atoms with Crippen LogP contribution in [0.2, 0.25) is 0 Å². The van der Waals surface area contributed by atoms with Crippen molar-refractivity contribution in [3.63, 3.8) is 0 Å². The Hall–Kier alpha value is -2.62. The van der Waals surface area contributed by atoms with E-state index in [1.54, 1.807) is 6.92 Å². The highest BCUT2D eigenvalue weighted by molar-refractivity contribution is 5.76. The van der Waals surface area contributed by atoms with E-state index in [4.69, 9.17) is 4.98 Å². The molecule has 1 amide bonds. The molecular weight excluding hydrogens is 322 g/mol. The third kappa shape index (κ3) is 4.31. The first-order chi connectivity index (χ1) is 12.7. The fraction of sp³-hybridized carbons (Fsp3) is 0.364. The minimum atomic E-state index is 0.0449. The molecule has 4 heteroatoms. The van der Waals surface area contributed by atoms with Gasteiger partial charge in [-0.05, 0) is 37.5 Å². The lowest BCUT2D eigenvalue weighted by atomic mass is 10.1.